The number of carbonyl (C=O) groups is 1. The first-order chi connectivity index (χ1) is 16.3. The highest BCUT2D eigenvalue weighted by Gasteiger charge is 2.17. The molecule has 0 fully saturated rings. The molecule has 0 aliphatic carbocycles. The second-order valence-electron chi connectivity index (χ2n) is 7.25. The summed E-state index contributed by atoms with van der Waals surface area (Å²) in [5, 5.41) is 13.8. The Morgan fingerprint density at radius 3 is 2.26 bits per heavy atom. The van der Waals surface area contributed by atoms with Gasteiger partial charge in [-0.25, -0.2) is 0 Å². The van der Waals surface area contributed by atoms with Crippen LogP contribution in [-0.2, 0) is 14.9 Å². The summed E-state index contributed by atoms with van der Waals surface area (Å²) < 4.78 is 31.5. The average molecular weight is 533 g/mol. The van der Waals surface area contributed by atoms with Crippen LogP contribution >= 0.6 is 15.9 Å². The molecule has 1 N–H and O–H groups in total. The normalized spacial score (nSPS) is 11.6. The Bertz CT molecular complexity index is 1540. The summed E-state index contributed by atoms with van der Waals surface area (Å²) in [5.41, 5.74) is 0.996. The Morgan fingerprint density at radius 2 is 1.59 bits per heavy atom. The lowest BCUT2D eigenvalue weighted by Crippen LogP contribution is -2.13. The summed E-state index contributed by atoms with van der Waals surface area (Å²) >= 11 is 3.32. The second kappa shape index (κ2) is 9.91. The van der Waals surface area contributed by atoms with E-state index in [0.29, 0.717) is 11.3 Å². The van der Waals surface area contributed by atoms with Crippen molar-refractivity contribution in [2.75, 3.05) is 5.32 Å². The minimum Gasteiger partial charge on any atom is -0.379 e. The number of hydrogen-bond acceptors (Lipinski definition) is 5. The standard InChI is InChI=1S/C26H17BrN2O4S/c27-22-8-10-23(11-9-22)29-26(30)21(17-28)15-18-5-12-24(13-6-18)33-34(31,32)25-14-7-19-3-1-2-4-20(19)16-25/h1-16H,(H,29,30)/b21-15-. The zero-order valence-corrected chi connectivity index (χ0v) is 20.0. The molecule has 168 valence electrons. The van der Waals surface area contributed by atoms with Crippen LogP contribution in [0.3, 0.4) is 0 Å². The number of fused-ring (bicyclic) bond motifs is 1. The molecule has 0 aliphatic heterocycles. The van der Waals surface area contributed by atoms with E-state index in [1.54, 1.807) is 48.5 Å². The molecular weight excluding hydrogens is 516 g/mol. The first kappa shape index (κ1) is 23.2. The van der Waals surface area contributed by atoms with Gasteiger partial charge in [0.2, 0.25) is 0 Å². The van der Waals surface area contributed by atoms with Gasteiger partial charge in [-0.1, -0.05) is 58.4 Å². The molecule has 6 nitrogen and oxygen atoms in total. The van der Waals surface area contributed by atoms with Crippen LogP contribution in [0.4, 0.5) is 5.69 Å². The fourth-order valence-electron chi connectivity index (χ4n) is 3.16. The van der Waals surface area contributed by atoms with Crippen molar-refractivity contribution in [1.82, 2.24) is 0 Å². The van der Waals surface area contributed by atoms with Crippen LogP contribution in [0.2, 0.25) is 0 Å². The number of nitrogens with zero attached hydrogens (tertiary/aromatic N) is 1. The molecule has 0 radical (unpaired) electrons. The van der Waals surface area contributed by atoms with Crippen molar-refractivity contribution in [3.05, 3.63) is 107 Å². The number of hydrogen-bond donors (Lipinski definition) is 1. The minimum absolute atomic E-state index is 0.0477. The summed E-state index contributed by atoms with van der Waals surface area (Å²) in [4.78, 5) is 12.5. The molecule has 4 rings (SSSR count). The number of nitrogens with one attached hydrogen (secondary N) is 1. The van der Waals surface area contributed by atoms with Crippen molar-refractivity contribution < 1.29 is 17.4 Å². The van der Waals surface area contributed by atoms with Crippen LogP contribution in [0.1, 0.15) is 5.56 Å². The second-order valence-corrected chi connectivity index (χ2v) is 9.71. The van der Waals surface area contributed by atoms with Crippen molar-refractivity contribution in [1.29, 1.82) is 5.26 Å². The highest BCUT2D eigenvalue weighted by Crippen LogP contribution is 2.24. The number of amides is 1. The first-order valence-corrected chi connectivity index (χ1v) is 12.3. The molecule has 0 spiro atoms. The number of nitriles is 1. The molecule has 4 aromatic carbocycles. The van der Waals surface area contributed by atoms with Crippen LogP contribution < -0.4 is 9.50 Å². The van der Waals surface area contributed by atoms with Gasteiger partial charge >= 0.3 is 10.1 Å². The molecule has 4 aromatic rings. The average Bonchev–Trinajstić information content (AvgIpc) is 2.84. The number of carbonyl (C=O) groups excluding carboxylic acids is 1. The highest BCUT2D eigenvalue weighted by molar-refractivity contribution is 9.10. The Labute approximate surface area is 205 Å². The van der Waals surface area contributed by atoms with E-state index in [9.17, 15) is 18.5 Å². The molecule has 0 saturated heterocycles. The van der Waals surface area contributed by atoms with E-state index in [-0.39, 0.29) is 16.2 Å². The molecule has 8 heteroatoms. The number of benzene rings is 4. The Hall–Kier alpha value is -3.93. The zero-order valence-electron chi connectivity index (χ0n) is 17.6. The van der Waals surface area contributed by atoms with Gasteiger partial charge in [0.1, 0.15) is 22.3 Å². The first-order valence-electron chi connectivity index (χ1n) is 10.1. The quantitative estimate of drug-likeness (QED) is 0.189. The summed E-state index contributed by atoms with van der Waals surface area (Å²) in [6.07, 6.45) is 1.41. The van der Waals surface area contributed by atoms with Gasteiger partial charge in [0.05, 0.1) is 0 Å². The van der Waals surface area contributed by atoms with Crippen LogP contribution in [0.15, 0.2) is 106 Å². The van der Waals surface area contributed by atoms with Gasteiger partial charge in [-0.05, 0) is 70.9 Å². The number of halogens is 1. The van der Waals surface area contributed by atoms with Crippen molar-refractivity contribution >= 4 is 54.5 Å². The third-order valence-corrected chi connectivity index (χ3v) is 6.65. The predicted molar refractivity (Wildman–Crippen MR) is 135 cm³/mol. The van der Waals surface area contributed by atoms with Crippen LogP contribution in [0.25, 0.3) is 16.8 Å². The molecule has 1 amide bonds. The van der Waals surface area contributed by atoms with Crippen molar-refractivity contribution in [2.45, 2.75) is 4.90 Å². The van der Waals surface area contributed by atoms with E-state index in [2.05, 4.69) is 21.2 Å². The third kappa shape index (κ3) is 5.52. The molecule has 0 bridgehead atoms. The van der Waals surface area contributed by atoms with Gasteiger partial charge in [0, 0.05) is 10.2 Å². The van der Waals surface area contributed by atoms with Crippen LogP contribution in [-0.4, -0.2) is 14.3 Å². The summed E-state index contributed by atoms with van der Waals surface area (Å²) in [6, 6.07) is 27.1. The molecule has 0 heterocycles. The molecule has 0 aromatic heterocycles. The van der Waals surface area contributed by atoms with Gasteiger partial charge in [0.25, 0.3) is 5.91 Å². The number of rotatable bonds is 6. The van der Waals surface area contributed by atoms with E-state index < -0.39 is 16.0 Å². The van der Waals surface area contributed by atoms with Crippen molar-refractivity contribution in [3.63, 3.8) is 0 Å². The summed E-state index contributed by atoms with van der Waals surface area (Å²) in [5.74, 6) is -0.438. The zero-order chi connectivity index (χ0) is 24.1. The van der Waals surface area contributed by atoms with Gasteiger partial charge < -0.3 is 9.50 Å². The van der Waals surface area contributed by atoms with E-state index in [0.717, 1.165) is 15.2 Å². The summed E-state index contributed by atoms with van der Waals surface area (Å²) in [7, 11) is -4.03. The van der Waals surface area contributed by atoms with E-state index >= 15 is 0 Å². The maximum atomic E-state index is 12.7. The number of anilines is 1. The molecule has 0 atom stereocenters. The van der Waals surface area contributed by atoms with E-state index in [1.165, 1.54) is 24.3 Å². The van der Waals surface area contributed by atoms with Crippen molar-refractivity contribution in [2.24, 2.45) is 0 Å². The molecule has 34 heavy (non-hydrogen) atoms. The maximum Gasteiger partial charge on any atom is 0.339 e. The SMILES string of the molecule is N#C/C(=C/c1ccc(OS(=O)(=O)c2ccc3ccccc3c2)cc1)C(=O)Nc1ccc(Br)cc1. The lowest BCUT2D eigenvalue weighted by molar-refractivity contribution is -0.112. The van der Waals surface area contributed by atoms with Gasteiger partial charge in [-0.2, -0.15) is 13.7 Å². The maximum absolute atomic E-state index is 12.7. The topological polar surface area (TPSA) is 96.3 Å². The molecule has 0 saturated carbocycles. The Kier molecular flexibility index (Phi) is 6.77. The predicted octanol–water partition coefficient (Wildman–Crippen LogP) is 5.92. The summed E-state index contributed by atoms with van der Waals surface area (Å²) in [6.45, 7) is 0. The lowest BCUT2D eigenvalue weighted by Gasteiger charge is -2.08. The monoisotopic (exact) mass is 532 g/mol. The third-order valence-electron chi connectivity index (χ3n) is 4.87. The Balaban J connectivity index is 1.49. The smallest absolute Gasteiger partial charge is 0.339 e. The van der Waals surface area contributed by atoms with Gasteiger partial charge in [-0.3, -0.25) is 4.79 Å². The van der Waals surface area contributed by atoms with E-state index in [4.69, 9.17) is 4.18 Å². The fraction of sp³-hybridized carbons (Fsp3) is 0. The van der Waals surface area contributed by atoms with Gasteiger partial charge in [0.15, 0.2) is 0 Å². The lowest BCUT2D eigenvalue weighted by atomic mass is 10.1. The Morgan fingerprint density at radius 1 is 0.912 bits per heavy atom. The van der Waals surface area contributed by atoms with Crippen LogP contribution in [0, 0.1) is 11.3 Å². The van der Waals surface area contributed by atoms with Crippen LogP contribution in [0.5, 0.6) is 5.75 Å². The largest absolute Gasteiger partial charge is 0.379 e. The molecule has 0 unspecified atom stereocenters. The molecule has 0 aliphatic rings. The van der Waals surface area contributed by atoms with Crippen molar-refractivity contribution in [3.8, 4) is 11.8 Å². The fourth-order valence-corrected chi connectivity index (χ4v) is 4.40. The molecular formula is C26H17BrN2O4S. The van der Waals surface area contributed by atoms with Gasteiger partial charge in [-0.15, -0.1) is 0 Å². The minimum atomic E-state index is -4.03. The van der Waals surface area contributed by atoms with E-state index in [1.807, 2.05) is 30.3 Å². The highest BCUT2D eigenvalue weighted by atomic mass is 79.9.